The van der Waals surface area contributed by atoms with E-state index in [1.54, 1.807) is 18.2 Å². The van der Waals surface area contributed by atoms with Gasteiger partial charge >= 0.3 is 0 Å². The fourth-order valence-corrected chi connectivity index (χ4v) is 6.89. The van der Waals surface area contributed by atoms with Crippen LogP contribution in [0.1, 0.15) is 38.7 Å². The van der Waals surface area contributed by atoms with Crippen LogP contribution < -0.4 is 4.72 Å². The third-order valence-electron chi connectivity index (χ3n) is 6.31. The standard InChI is InChI=1S/C18H23Cl2NO3S/c1-17(2)13-5-7-18(17,16(22)9-13)11-25(23,24)21-8-6-12-3-4-14(19)10-15(12)20/h3-4,10,13,21H,5-9,11H2,1-2H3/t13-,18+/m0/s1. The highest BCUT2D eigenvalue weighted by Crippen LogP contribution is 2.64. The minimum absolute atomic E-state index is 0.111. The van der Waals surface area contributed by atoms with Crippen molar-refractivity contribution in [2.75, 3.05) is 12.3 Å². The maximum absolute atomic E-state index is 12.6. The zero-order chi connectivity index (χ0) is 18.5. The van der Waals surface area contributed by atoms with Gasteiger partial charge in [-0.3, -0.25) is 4.79 Å². The minimum Gasteiger partial charge on any atom is -0.299 e. The number of Topliss-reactive ketones (excluding diaryl/α,β-unsaturated/α-hetero) is 1. The van der Waals surface area contributed by atoms with E-state index in [1.165, 1.54) is 0 Å². The van der Waals surface area contributed by atoms with E-state index in [-0.39, 0.29) is 23.5 Å². The molecule has 2 saturated carbocycles. The van der Waals surface area contributed by atoms with Gasteiger partial charge in [0.15, 0.2) is 0 Å². The lowest BCUT2D eigenvalue weighted by Gasteiger charge is -2.36. The molecule has 7 heteroatoms. The summed E-state index contributed by atoms with van der Waals surface area (Å²) in [4.78, 5) is 12.5. The summed E-state index contributed by atoms with van der Waals surface area (Å²) in [7, 11) is -3.54. The molecule has 0 radical (unpaired) electrons. The highest BCUT2D eigenvalue weighted by Gasteiger charge is 2.65. The average Bonchev–Trinajstić information content (AvgIpc) is 2.83. The molecule has 0 amide bonds. The first-order chi connectivity index (χ1) is 11.6. The predicted molar refractivity (Wildman–Crippen MR) is 101 cm³/mol. The van der Waals surface area contributed by atoms with Crippen LogP contribution in [-0.2, 0) is 21.2 Å². The van der Waals surface area contributed by atoms with Gasteiger partial charge in [0.1, 0.15) is 5.78 Å². The second kappa shape index (κ2) is 6.52. The van der Waals surface area contributed by atoms with Crippen LogP contribution in [0.25, 0.3) is 0 Å². The summed E-state index contributed by atoms with van der Waals surface area (Å²) in [5, 5.41) is 1.07. The van der Waals surface area contributed by atoms with Crippen molar-refractivity contribution >= 4 is 39.0 Å². The monoisotopic (exact) mass is 403 g/mol. The zero-order valence-corrected chi connectivity index (χ0v) is 16.8. The summed E-state index contributed by atoms with van der Waals surface area (Å²) in [6, 6.07) is 5.17. The Morgan fingerprint density at radius 1 is 1.28 bits per heavy atom. The van der Waals surface area contributed by atoms with Gasteiger partial charge in [-0.05, 0) is 48.3 Å². The molecule has 0 heterocycles. The largest absolute Gasteiger partial charge is 0.299 e. The molecule has 0 aliphatic heterocycles. The van der Waals surface area contributed by atoms with Crippen LogP contribution in [0.3, 0.4) is 0 Å². The summed E-state index contributed by atoms with van der Waals surface area (Å²) in [6.45, 7) is 4.33. The molecule has 0 saturated heterocycles. The number of halogens is 2. The average molecular weight is 404 g/mol. The lowest BCUT2D eigenvalue weighted by Crippen LogP contribution is -2.45. The highest BCUT2D eigenvalue weighted by atomic mass is 35.5. The molecule has 0 unspecified atom stereocenters. The van der Waals surface area contributed by atoms with Crippen LogP contribution in [0.15, 0.2) is 18.2 Å². The van der Waals surface area contributed by atoms with E-state index in [0.29, 0.717) is 35.2 Å². The number of hydrogen-bond acceptors (Lipinski definition) is 3. The smallest absolute Gasteiger partial charge is 0.212 e. The molecule has 4 nitrogen and oxygen atoms in total. The minimum atomic E-state index is -3.54. The Kier molecular flexibility index (Phi) is 4.99. The Bertz CT molecular complexity index is 807. The lowest BCUT2D eigenvalue weighted by molar-refractivity contribution is -0.128. The van der Waals surface area contributed by atoms with E-state index in [1.807, 2.05) is 13.8 Å². The third kappa shape index (κ3) is 3.36. The topological polar surface area (TPSA) is 63.2 Å². The van der Waals surface area contributed by atoms with Gasteiger partial charge in [-0.2, -0.15) is 0 Å². The third-order valence-corrected chi connectivity index (χ3v) is 8.41. The second-order valence-electron chi connectivity index (χ2n) is 7.81. The fourth-order valence-electron chi connectivity index (χ4n) is 4.55. The first kappa shape index (κ1) is 19.2. The molecule has 0 aromatic heterocycles. The molecule has 2 aliphatic carbocycles. The van der Waals surface area contributed by atoms with E-state index in [9.17, 15) is 13.2 Å². The summed E-state index contributed by atoms with van der Waals surface area (Å²) < 4.78 is 27.9. The summed E-state index contributed by atoms with van der Waals surface area (Å²) >= 11 is 12.0. The van der Waals surface area contributed by atoms with E-state index < -0.39 is 15.4 Å². The number of nitrogens with one attached hydrogen (secondary N) is 1. The fraction of sp³-hybridized carbons (Fsp3) is 0.611. The van der Waals surface area contributed by atoms with Crippen molar-refractivity contribution in [3.63, 3.8) is 0 Å². The Balaban J connectivity index is 1.66. The van der Waals surface area contributed by atoms with E-state index in [2.05, 4.69) is 4.72 Å². The summed E-state index contributed by atoms with van der Waals surface area (Å²) in [5.74, 6) is 0.305. The van der Waals surface area contributed by atoms with Crippen LogP contribution in [0, 0.1) is 16.7 Å². The van der Waals surface area contributed by atoms with Gasteiger partial charge in [0.05, 0.1) is 5.75 Å². The second-order valence-corrected chi connectivity index (χ2v) is 10.5. The Morgan fingerprint density at radius 2 is 2.00 bits per heavy atom. The van der Waals surface area contributed by atoms with Crippen LogP contribution in [0.4, 0.5) is 0 Å². The molecule has 2 atom stereocenters. The van der Waals surface area contributed by atoms with Crippen molar-refractivity contribution < 1.29 is 13.2 Å². The quantitative estimate of drug-likeness (QED) is 0.784. The predicted octanol–water partition coefficient (Wildman–Crippen LogP) is 3.85. The first-order valence-corrected chi connectivity index (χ1v) is 10.9. The van der Waals surface area contributed by atoms with Crippen molar-refractivity contribution in [2.45, 2.75) is 39.5 Å². The summed E-state index contributed by atoms with van der Waals surface area (Å²) in [6.07, 6.45) is 2.60. The van der Waals surface area contributed by atoms with E-state index >= 15 is 0 Å². The maximum Gasteiger partial charge on any atom is 0.212 e. The van der Waals surface area contributed by atoms with Crippen molar-refractivity contribution in [1.29, 1.82) is 0 Å². The molecule has 2 fully saturated rings. The van der Waals surface area contributed by atoms with Gasteiger partial charge in [-0.1, -0.05) is 43.1 Å². The molecule has 3 rings (SSSR count). The number of ketones is 1. The number of hydrogen-bond donors (Lipinski definition) is 1. The molecule has 1 N–H and O–H groups in total. The van der Waals surface area contributed by atoms with Crippen molar-refractivity contribution in [1.82, 2.24) is 4.72 Å². The van der Waals surface area contributed by atoms with Gasteiger partial charge < -0.3 is 0 Å². The number of carbonyl (C=O) groups is 1. The van der Waals surface area contributed by atoms with Gasteiger partial charge in [0, 0.05) is 28.4 Å². The molecular weight excluding hydrogens is 381 g/mol. The van der Waals surface area contributed by atoms with Crippen LogP contribution in [0.5, 0.6) is 0 Å². The van der Waals surface area contributed by atoms with E-state index in [0.717, 1.165) is 12.0 Å². The number of sulfonamides is 1. The van der Waals surface area contributed by atoms with Crippen LogP contribution in [0.2, 0.25) is 10.0 Å². The molecule has 25 heavy (non-hydrogen) atoms. The van der Waals surface area contributed by atoms with Crippen molar-refractivity contribution in [2.24, 2.45) is 16.7 Å². The number of rotatable bonds is 6. The Morgan fingerprint density at radius 3 is 2.56 bits per heavy atom. The van der Waals surface area contributed by atoms with Crippen molar-refractivity contribution in [3.8, 4) is 0 Å². The van der Waals surface area contributed by atoms with Crippen LogP contribution in [-0.4, -0.2) is 26.5 Å². The SMILES string of the molecule is CC1(C)[C@H]2CC[C@@]1(CS(=O)(=O)NCCc1ccc(Cl)cc1Cl)C(=O)C2. The molecule has 0 spiro atoms. The Labute approximate surface area is 159 Å². The molecule has 2 aliphatic rings. The molecule has 138 valence electrons. The van der Waals surface area contributed by atoms with Crippen LogP contribution >= 0.6 is 23.2 Å². The van der Waals surface area contributed by atoms with Crippen molar-refractivity contribution in [3.05, 3.63) is 33.8 Å². The van der Waals surface area contributed by atoms with Gasteiger partial charge in [-0.25, -0.2) is 13.1 Å². The molecule has 2 bridgehead atoms. The molecule has 1 aromatic carbocycles. The number of carbonyl (C=O) groups excluding carboxylic acids is 1. The maximum atomic E-state index is 12.6. The first-order valence-electron chi connectivity index (χ1n) is 8.52. The van der Waals surface area contributed by atoms with E-state index in [4.69, 9.17) is 23.2 Å². The normalized spacial score (nSPS) is 27.8. The zero-order valence-electron chi connectivity index (χ0n) is 14.4. The molecule has 1 aromatic rings. The van der Waals surface area contributed by atoms with Gasteiger partial charge in [0.25, 0.3) is 0 Å². The molecular formula is C18H23Cl2NO3S. The Hall–Kier alpha value is -0.620. The highest BCUT2D eigenvalue weighted by molar-refractivity contribution is 7.89. The van der Waals surface area contributed by atoms with Gasteiger partial charge in [-0.15, -0.1) is 0 Å². The number of fused-ring (bicyclic) bond motifs is 2. The van der Waals surface area contributed by atoms with Gasteiger partial charge in [0.2, 0.25) is 10.0 Å². The summed E-state index contributed by atoms with van der Waals surface area (Å²) in [5.41, 5.74) is -0.148. The number of benzene rings is 1. The lowest BCUT2D eigenvalue weighted by atomic mass is 9.70.